The third-order valence-corrected chi connectivity index (χ3v) is 6.84. The molecule has 0 saturated heterocycles. The second-order valence-electron chi connectivity index (χ2n) is 6.77. The first-order chi connectivity index (χ1) is 10.6. The Morgan fingerprint density at radius 3 is 1.00 bits per heavy atom. The number of methoxy groups -OCH3 is 2. The van der Waals surface area contributed by atoms with E-state index >= 15 is 0 Å². The zero-order valence-electron chi connectivity index (χ0n) is 16.4. The molecule has 0 rings (SSSR count). The van der Waals surface area contributed by atoms with E-state index in [1.165, 1.54) is 0 Å². The van der Waals surface area contributed by atoms with Crippen molar-refractivity contribution in [2.75, 3.05) is 14.2 Å². The summed E-state index contributed by atoms with van der Waals surface area (Å²) in [7, 11) is 3.22. The molecule has 0 aliphatic rings. The minimum absolute atomic E-state index is 0.0944. The Labute approximate surface area is 147 Å². The Morgan fingerprint density at radius 1 is 0.522 bits per heavy atom. The third-order valence-electron chi connectivity index (χ3n) is 2.83. The predicted octanol–water partition coefficient (Wildman–Crippen LogP) is 3.94. The number of hydrogen-bond donors (Lipinski definition) is 0. The molecule has 0 amide bonds. The van der Waals surface area contributed by atoms with Gasteiger partial charge in [0.1, 0.15) is 0 Å². The van der Waals surface area contributed by atoms with Gasteiger partial charge in [-0.05, 0) is 0 Å². The third kappa shape index (κ3) is 8.93. The van der Waals surface area contributed by atoms with Crippen LogP contribution in [0.25, 0.3) is 0 Å². The molecular weight excluding hydrogens is 336 g/mol. The molecule has 2 atom stereocenters. The van der Waals surface area contributed by atoms with E-state index in [2.05, 4.69) is 0 Å². The molecule has 6 nitrogen and oxygen atoms in total. The van der Waals surface area contributed by atoms with Gasteiger partial charge in [0.2, 0.25) is 0 Å². The molecule has 0 aromatic carbocycles. The summed E-state index contributed by atoms with van der Waals surface area (Å²) in [6, 6.07) is 0. The van der Waals surface area contributed by atoms with Gasteiger partial charge in [-0.1, -0.05) is 0 Å². The Bertz CT molecular complexity index is 279. The first-order valence-electron chi connectivity index (χ1n) is 8.33. The van der Waals surface area contributed by atoms with Gasteiger partial charge in [0.05, 0.1) is 0 Å². The van der Waals surface area contributed by atoms with Gasteiger partial charge in [0, 0.05) is 0 Å². The number of ether oxygens (including phenoxy) is 2. The van der Waals surface area contributed by atoms with E-state index < -0.39 is 30.7 Å². The summed E-state index contributed by atoms with van der Waals surface area (Å²) in [6.07, 6.45) is -1.11. The molecule has 2 unspecified atom stereocenters. The zero-order valence-corrected chi connectivity index (χ0v) is 18.0. The van der Waals surface area contributed by atoms with Crippen molar-refractivity contribution in [3.63, 3.8) is 0 Å². The van der Waals surface area contributed by atoms with Gasteiger partial charge >= 0.3 is 147 Å². The van der Waals surface area contributed by atoms with Crippen molar-refractivity contribution in [3.8, 4) is 0 Å². The Balaban J connectivity index is 5.54. The summed E-state index contributed by atoms with van der Waals surface area (Å²) in [5.74, 6) is 0.278. The normalized spacial score (nSPS) is 15.9. The van der Waals surface area contributed by atoms with E-state index in [1.54, 1.807) is 14.2 Å². The standard InChI is InChI=1S/2C5H11O2.2C3H7O.Ti/c2*1-4(2)5(6)7-3;2*1-3(2)4;/h2*4-5H,1-3H3;2*3H,1-2H3;/q4*-1;+4. The summed E-state index contributed by atoms with van der Waals surface area (Å²) in [4.78, 5) is 0. The van der Waals surface area contributed by atoms with Gasteiger partial charge in [-0.3, -0.25) is 0 Å². The fraction of sp³-hybridized carbons (Fsp3) is 1.00. The van der Waals surface area contributed by atoms with Crippen molar-refractivity contribution in [1.29, 1.82) is 0 Å². The van der Waals surface area contributed by atoms with Gasteiger partial charge in [-0.15, -0.1) is 0 Å². The molecule has 0 aromatic rings. The van der Waals surface area contributed by atoms with Crippen LogP contribution in [0.2, 0.25) is 0 Å². The number of rotatable bonds is 12. The second-order valence-corrected chi connectivity index (χ2v) is 9.80. The molecule has 0 spiro atoms. The quantitative estimate of drug-likeness (QED) is 0.382. The van der Waals surface area contributed by atoms with Crippen molar-refractivity contribution in [2.45, 2.75) is 80.2 Å². The SMILES string of the molecule is COC([O][Ti]([O]C(C)C)([O]C(C)C)[O]C(OC)C(C)C)C(C)C. The van der Waals surface area contributed by atoms with Gasteiger partial charge < -0.3 is 0 Å². The monoisotopic (exact) mass is 372 g/mol. The fourth-order valence-electron chi connectivity index (χ4n) is 1.94. The van der Waals surface area contributed by atoms with Crippen LogP contribution in [0, 0.1) is 11.8 Å². The molecular formula is C16H36O6Ti. The van der Waals surface area contributed by atoms with E-state index in [4.69, 9.17) is 22.7 Å². The molecule has 0 radical (unpaired) electrons. The van der Waals surface area contributed by atoms with Gasteiger partial charge in [0.25, 0.3) is 0 Å². The molecule has 0 heterocycles. The van der Waals surface area contributed by atoms with Gasteiger partial charge in [-0.2, -0.15) is 0 Å². The topological polar surface area (TPSA) is 55.4 Å². The predicted molar refractivity (Wildman–Crippen MR) is 85.9 cm³/mol. The van der Waals surface area contributed by atoms with E-state index in [1.807, 2.05) is 55.4 Å². The summed E-state index contributed by atoms with van der Waals surface area (Å²) in [6.45, 7) is 15.8. The van der Waals surface area contributed by atoms with E-state index in [-0.39, 0.29) is 24.0 Å². The summed E-state index contributed by atoms with van der Waals surface area (Å²) in [5, 5.41) is 0. The van der Waals surface area contributed by atoms with E-state index in [9.17, 15) is 0 Å². The van der Waals surface area contributed by atoms with Crippen molar-refractivity contribution in [1.82, 2.24) is 0 Å². The van der Waals surface area contributed by atoms with Gasteiger partial charge in [0.15, 0.2) is 0 Å². The first kappa shape index (κ1) is 23.5. The molecule has 7 heteroatoms. The minimum atomic E-state index is -4.08. The number of hydrogen-bond acceptors (Lipinski definition) is 6. The van der Waals surface area contributed by atoms with Crippen LogP contribution >= 0.6 is 0 Å². The molecule has 0 saturated carbocycles. The van der Waals surface area contributed by atoms with Crippen LogP contribution < -0.4 is 0 Å². The van der Waals surface area contributed by atoms with Crippen LogP contribution in [0.15, 0.2) is 0 Å². The maximum atomic E-state index is 6.17. The summed E-state index contributed by atoms with van der Waals surface area (Å²) >= 11 is -4.08. The molecule has 0 bridgehead atoms. The van der Waals surface area contributed by atoms with Crippen LogP contribution in [0.5, 0.6) is 0 Å². The van der Waals surface area contributed by atoms with E-state index in [0.717, 1.165) is 0 Å². The molecule has 0 aromatic heterocycles. The molecule has 23 heavy (non-hydrogen) atoms. The van der Waals surface area contributed by atoms with Crippen LogP contribution in [0.3, 0.4) is 0 Å². The Morgan fingerprint density at radius 2 is 0.826 bits per heavy atom. The second kappa shape index (κ2) is 11.2. The van der Waals surface area contributed by atoms with E-state index in [0.29, 0.717) is 0 Å². The average Bonchev–Trinajstić information content (AvgIpc) is 2.40. The van der Waals surface area contributed by atoms with Crippen LogP contribution in [0.1, 0.15) is 55.4 Å². The van der Waals surface area contributed by atoms with Crippen molar-refractivity contribution < 1.29 is 40.9 Å². The average molecular weight is 372 g/mol. The molecule has 0 aliphatic carbocycles. The maximum absolute atomic E-state index is 6.17. The van der Waals surface area contributed by atoms with Crippen molar-refractivity contribution >= 4 is 0 Å². The Hall–Kier alpha value is 0.474. The van der Waals surface area contributed by atoms with Crippen LogP contribution in [-0.2, 0) is 40.9 Å². The first-order valence-corrected chi connectivity index (χ1v) is 10.9. The Kier molecular flexibility index (Phi) is 11.4. The summed E-state index contributed by atoms with van der Waals surface area (Å²) < 4.78 is 35.4. The molecule has 0 aliphatic heterocycles. The van der Waals surface area contributed by atoms with Crippen molar-refractivity contribution in [3.05, 3.63) is 0 Å². The molecule has 0 N–H and O–H groups in total. The molecule has 0 fully saturated rings. The molecule has 140 valence electrons. The van der Waals surface area contributed by atoms with Crippen LogP contribution in [-0.4, -0.2) is 39.0 Å². The van der Waals surface area contributed by atoms with Crippen molar-refractivity contribution in [2.24, 2.45) is 11.8 Å². The zero-order chi connectivity index (χ0) is 18.2. The van der Waals surface area contributed by atoms with Crippen LogP contribution in [0.4, 0.5) is 0 Å². The fourth-order valence-corrected chi connectivity index (χ4v) is 6.30. The van der Waals surface area contributed by atoms with Gasteiger partial charge in [-0.25, -0.2) is 0 Å². The summed E-state index contributed by atoms with van der Waals surface area (Å²) in [5.41, 5.74) is 0.